The van der Waals surface area contributed by atoms with Gasteiger partial charge in [0.1, 0.15) is 24.4 Å². The minimum atomic E-state index is -1.13. The Morgan fingerprint density at radius 3 is 2.47 bits per heavy atom. The molecule has 0 saturated carbocycles. The van der Waals surface area contributed by atoms with Crippen LogP contribution in [0.25, 0.3) is 0 Å². The first-order chi connectivity index (χ1) is 14.9. The molecule has 0 aromatic carbocycles. The van der Waals surface area contributed by atoms with E-state index >= 15 is 0 Å². The van der Waals surface area contributed by atoms with Gasteiger partial charge in [0.15, 0.2) is 11.9 Å². The Kier molecular flexibility index (Phi) is 9.20. The van der Waals surface area contributed by atoms with Crippen molar-refractivity contribution in [3.05, 3.63) is 12.2 Å². The molecule has 10 heteroatoms. The first-order valence-corrected chi connectivity index (χ1v) is 10.9. The zero-order chi connectivity index (χ0) is 24.1. The molecule has 2 aliphatic heterocycles. The lowest BCUT2D eigenvalue weighted by Gasteiger charge is -2.29. The number of methoxy groups -OCH3 is 1. The maximum Gasteiger partial charge on any atom is 0.303 e. The molecular weight excluding hydrogens is 420 g/mol. The summed E-state index contributed by atoms with van der Waals surface area (Å²) in [6.07, 6.45) is -0.0556. The normalized spacial score (nSPS) is 29.9. The molecule has 0 spiro atoms. The standard InChI is InChI=1S/C22H36N2O8/c1-12(2)7-10-16(30-13(3)25)17-18(32-22(4,5)31-17)19(29-6)21(28)24-15-9-8-14(26)11-23-20(15)27/h7,10,12,14-19,26H,8-9,11H2,1-6H3,(H,23,27)(H,24,28)/b10-7+/t14-,15-,16+,17-,18+,19+/m0/s1. The van der Waals surface area contributed by atoms with Crippen LogP contribution in [0.1, 0.15) is 47.5 Å². The number of ether oxygens (including phenoxy) is 4. The van der Waals surface area contributed by atoms with Crippen LogP contribution in [0.5, 0.6) is 0 Å². The quantitative estimate of drug-likeness (QED) is 0.354. The lowest BCUT2D eigenvalue weighted by molar-refractivity contribution is -0.169. The molecule has 3 N–H and O–H groups in total. The van der Waals surface area contributed by atoms with Gasteiger partial charge in [-0.05, 0) is 38.7 Å². The zero-order valence-electron chi connectivity index (χ0n) is 19.6. The molecule has 2 saturated heterocycles. The predicted molar refractivity (Wildman–Crippen MR) is 114 cm³/mol. The van der Waals surface area contributed by atoms with Gasteiger partial charge in [0, 0.05) is 20.6 Å². The molecule has 10 nitrogen and oxygen atoms in total. The molecule has 0 aromatic heterocycles. The van der Waals surface area contributed by atoms with E-state index in [1.807, 2.05) is 19.9 Å². The Morgan fingerprint density at radius 2 is 1.88 bits per heavy atom. The molecule has 2 heterocycles. The summed E-state index contributed by atoms with van der Waals surface area (Å²) >= 11 is 0. The number of nitrogens with one attached hydrogen (secondary N) is 2. The second-order valence-electron chi connectivity index (χ2n) is 8.96. The number of hydrogen-bond acceptors (Lipinski definition) is 8. The molecule has 0 aromatic rings. The maximum absolute atomic E-state index is 13.1. The summed E-state index contributed by atoms with van der Waals surface area (Å²) in [4.78, 5) is 37.1. The van der Waals surface area contributed by atoms with Gasteiger partial charge in [-0.3, -0.25) is 14.4 Å². The van der Waals surface area contributed by atoms with Crippen LogP contribution in [-0.2, 0) is 33.3 Å². The van der Waals surface area contributed by atoms with E-state index in [9.17, 15) is 19.5 Å². The largest absolute Gasteiger partial charge is 0.455 e. The fourth-order valence-electron chi connectivity index (χ4n) is 3.76. The number of aliphatic hydroxyl groups excluding tert-OH is 1. The van der Waals surface area contributed by atoms with Crippen molar-refractivity contribution in [1.29, 1.82) is 0 Å². The summed E-state index contributed by atoms with van der Waals surface area (Å²) in [5.41, 5.74) is 0. The van der Waals surface area contributed by atoms with Gasteiger partial charge in [-0.15, -0.1) is 0 Å². The van der Waals surface area contributed by atoms with Crippen LogP contribution in [0, 0.1) is 5.92 Å². The van der Waals surface area contributed by atoms with E-state index < -0.39 is 54.2 Å². The van der Waals surface area contributed by atoms with E-state index in [1.165, 1.54) is 14.0 Å². The summed E-state index contributed by atoms with van der Waals surface area (Å²) in [6, 6.07) is -0.809. The monoisotopic (exact) mass is 456 g/mol. The highest BCUT2D eigenvalue weighted by atomic mass is 16.8. The van der Waals surface area contributed by atoms with Gasteiger partial charge >= 0.3 is 5.97 Å². The van der Waals surface area contributed by atoms with Crippen LogP contribution < -0.4 is 10.6 Å². The van der Waals surface area contributed by atoms with Gasteiger partial charge in [-0.1, -0.05) is 19.9 Å². The molecule has 6 atom stereocenters. The molecule has 0 unspecified atom stereocenters. The van der Waals surface area contributed by atoms with Gasteiger partial charge in [-0.25, -0.2) is 0 Å². The highest BCUT2D eigenvalue weighted by molar-refractivity contribution is 5.89. The minimum absolute atomic E-state index is 0.140. The van der Waals surface area contributed by atoms with Gasteiger partial charge in [-0.2, -0.15) is 0 Å². The van der Waals surface area contributed by atoms with E-state index in [-0.39, 0.29) is 18.4 Å². The van der Waals surface area contributed by atoms with Crippen molar-refractivity contribution in [2.45, 2.75) is 89.8 Å². The van der Waals surface area contributed by atoms with E-state index in [4.69, 9.17) is 18.9 Å². The van der Waals surface area contributed by atoms with Crippen LogP contribution in [-0.4, -0.2) is 78.9 Å². The minimum Gasteiger partial charge on any atom is -0.455 e. The fraction of sp³-hybridized carbons (Fsp3) is 0.773. The fourth-order valence-corrected chi connectivity index (χ4v) is 3.76. The Morgan fingerprint density at radius 1 is 1.22 bits per heavy atom. The lowest BCUT2D eigenvalue weighted by Crippen LogP contribution is -2.55. The van der Waals surface area contributed by atoms with Crippen molar-refractivity contribution < 1.29 is 38.4 Å². The van der Waals surface area contributed by atoms with Gasteiger partial charge in [0.05, 0.1) is 6.10 Å². The number of amides is 2. The van der Waals surface area contributed by atoms with E-state index in [0.29, 0.717) is 12.8 Å². The number of rotatable bonds is 8. The average Bonchev–Trinajstić information content (AvgIpc) is 2.92. The number of esters is 1. The zero-order valence-corrected chi connectivity index (χ0v) is 19.6. The average molecular weight is 457 g/mol. The third kappa shape index (κ3) is 7.26. The summed E-state index contributed by atoms with van der Waals surface area (Å²) < 4.78 is 22.9. The molecule has 0 bridgehead atoms. The van der Waals surface area contributed by atoms with Crippen molar-refractivity contribution in [3.8, 4) is 0 Å². The van der Waals surface area contributed by atoms with Gasteiger partial charge < -0.3 is 34.7 Å². The highest BCUT2D eigenvalue weighted by Crippen LogP contribution is 2.34. The Bertz CT molecular complexity index is 708. The van der Waals surface area contributed by atoms with E-state index in [0.717, 1.165) is 0 Å². The molecular formula is C22H36N2O8. The Hall–Kier alpha value is -2.01. The smallest absolute Gasteiger partial charge is 0.303 e. The predicted octanol–water partition coefficient (Wildman–Crippen LogP) is 0.421. The van der Waals surface area contributed by atoms with Gasteiger partial charge in [0.2, 0.25) is 5.91 Å². The summed E-state index contributed by atoms with van der Waals surface area (Å²) in [7, 11) is 1.36. The molecule has 2 aliphatic rings. The lowest BCUT2D eigenvalue weighted by atomic mass is 10.00. The molecule has 2 rings (SSSR count). The van der Waals surface area contributed by atoms with Crippen LogP contribution in [0.2, 0.25) is 0 Å². The van der Waals surface area contributed by atoms with Crippen molar-refractivity contribution in [2.75, 3.05) is 13.7 Å². The Labute approximate surface area is 189 Å². The van der Waals surface area contributed by atoms with Crippen LogP contribution in [0.3, 0.4) is 0 Å². The number of carbonyl (C=O) groups excluding carboxylic acids is 3. The highest BCUT2D eigenvalue weighted by Gasteiger charge is 2.51. The van der Waals surface area contributed by atoms with Crippen molar-refractivity contribution >= 4 is 17.8 Å². The number of hydrogen-bond donors (Lipinski definition) is 3. The molecule has 2 fully saturated rings. The topological polar surface area (TPSA) is 132 Å². The summed E-state index contributed by atoms with van der Waals surface area (Å²) in [5.74, 6) is -2.28. The van der Waals surface area contributed by atoms with Crippen molar-refractivity contribution in [1.82, 2.24) is 10.6 Å². The summed E-state index contributed by atoms with van der Waals surface area (Å²) in [5, 5.41) is 15.0. The van der Waals surface area contributed by atoms with Crippen molar-refractivity contribution in [3.63, 3.8) is 0 Å². The number of aliphatic hydroxyl groups is 1. The van der Waals surface area contributed by atoms with Crippen molar-refractivity contribution in [2.24, 2.45) is 5.92 Å². The number of carbonyl (C=O) groups is 3. The number of β-amino-alcohol motifs (C(OH)–C–C–N with tert-alkyl or cyclic N) is 1. The Balaban J connectivity index is 2.24. The second-order valence-corrected chi connectivity index (χ2v) is 8.96. The third-order valence-corrected chi connectivity index (χ3v) is 5.22. The molecule has 32 heavy (non-hydrogen) atoms. The first kappa shape index (κ1) is 26.2. The molecule has 0 radical (unpaired) electrons. The SMILES string of the molecule is CO[C@@H](C(=O)N[C@H]1CC[C@H](O)CNC1=O)[C@@H]1OC(C)(C)O[C@H]1[C@@H](/C=C/C(C)C)OC(C)=O. The summed E-state index contributed by atoms with van der Waals surface area (Å²) in [6.45, 7) is 8.79. The molecule has 0 aliphatic carbocycles. The molecule has 2 amide bonds. The van der Waals surface area contributed by atoms with E-state index in [2.05, 4.69) is 10.6 Å². The van der Waals surface area contributed by atoms with Crippen LogP contribution in [0.15, 0.2) is 12.2 Å². The number of allylic oxidation sites excluding steroid dienone is 1. The van der Waals surface area contributed by atoms with Crippen LogP contribution >= 0.6 is 0 Å². The molecule has 182 valence electrons. The first-order valence-electron chi connectivity index (χ1n) is 10.9. The maximum atomic E-state index is 13.1. The van der Waals surface area contributed by atoms with Gasteiger partial charge in [0.25, 0.3) is 5.91 Å². The van der Waals surface area contributed by atoms with Crippen LogP contribution in [0.4, 0.5) is 0 Å². The second kappa shape index (κ2) is 11.2. The third-order valence-electron chi connectivity index (χ3n) is 5.22. The van der Waals surface area contributed by atoms with E-state index in [1.54, 1.807) is 19.9 Å².